The molecule has 1 amide bonds. The fraction of sp³-hybridized carbons (Fsp3) is 0.429. The molecule has 1 aromatic carbocycles. The Balaban J connectivity index is 3.32. The summed E-state index contributed by atoms with van der Waals surface area (Å²) in [6.07, 6.45) is 0.281. The van der Waals surface area contributed by atoms with E-state index in [1.165, 1.54) is 0 Å². The number of amides is 1. The van der Waals surface area contributed by atoms with Gasteiger partial charge in [0.2, 0.25) is 5.91 Å². The van der Waals surface area contributed by atoms with Gasteiger partial charge in [0.1, 0.15) is 0 Å². The van der Waals surface area contributed by atoms with Gasteiger partial charge >= 0.3 is 5.97 Å². The van der Waals surface area contributed by atoms with Crippen molar-refractivity contribution in [1.82, 2.24) is 0 Å². The lowest BCUT2D eigenvalue weighted by atomic mass is 9.82. The van der Waals surface area contributed by atoms with E-state index in [0.29, 0.717) is 11.1 Å². The van der Waals surface area contributed by atoms with Crippen molar-refractivity contribution in [3.8, 4) is 0 Å². The Kier molecular flexibility index (Phi) is 3.79. The van der Waals surface area contributed by atoms with Crippen LogP contribution in [-0.2, 0) is 11.2 Å². The van der Waals surface area contributed by atoms with Crippen LogP contribution in [0.15, 0.2) is 12.1 Å². The predicted octanol–water partition coefficient (Wildman–Crippen LogP) is 2.06. The number of carbonyl (C=O) groups is 2. The Hall–Kier alpha value is -1.84. The molecule has 0 saturated heterocycles. The Bertz CT molecular complexity index is 504. The van der Waals surface area contributed by atoms with E-state index < -0.39 is 17.3 Å². The summed E-state index contributed by atoms with van der Waals surface area (Å²) in [6, 6.07) is 3.70. The second kappa shape index (κ2) is 4.80. The molecule has 0 radical (unpaired) electrons. The van der Waals surface area contributed by atoms with Crippen molar-refractivity contribution in [1.29, 1.82) is 0 Å². The predicted molar refractivity (Wildman–Crippen MR) is 69.6 cm³/mol. The molecule has 0 saturated carbocycles. The summed E-state index contributed by atoms with van der Waals surface area (Å²) in [5.41, 5.74) is 7.37. The highest BCUT2D eigenvalue weighted by Gasteiger charge is 2.29. The largest absolute Gasteiger partial charge is 0.481 e. The number of aryl methyl sites for hydroxylation is 2. The number of carbonyl (C=O) groups excluding carboxylic acids is 1. The Morgan fingerprint density at radius 3 is 2.28 bits per heavy atom. The van der Waals surface area contributed by atoms with Gasteiger partial charge in [-0.05, 0) is 45.2 Å². The molecule has 3 N–H and O–H groups in total. The lowest BCUT2D eigenvalue weighted by Crippen LogP contribution is -2.28. The van der Waals surface area contributed by atoms with Crippen LogP contribution in [0.5, 0.6) is 0 Å². The number of benzene rings is 1. The normalized spacial score (nSPS) is 11.3. The molecular formula is C14H19NO3. The first kappa shape index (κ1) is 14.2. The summed E-state index contributed by atoms with van der Waals surface area (Å²) in [6.45, 7) is 6.99. The minimum absolute atomic E-state index is 0.281. The summed E-state index contributed by atoms with van der Waals surface area (Å²) >= 11 is 0. The zero-order valence-corrected chi connectivity index (χ0v) is 11.2. The summed E-state index contributed by atoms with van der Waals surface area (Å²) in [5.74, 6) is -1.40. The first-order valence-electron chi connectivity index (χ1n) is 5.78. The molecule has 0 unspecified atom stereocenters. The molecule has 1 rings (SSSR count). The number of hydrogen-bond acceptors (Lipinski definition) is 2. The highest BCUT2D eigenvalue weighted by molar-refractivity contribution is 5.96. The third kappa shape index (κ3) is 2.88. The van der Waals surface area contributed by atoms with Crippen LogP contribution in [0.1, 0.15) is 40.9 Å². The number of carboxylic acids is 1. The number of aliphatic carboxylic acids is 1. The van der Waals surface area contributed by atoms with Gasteiger partial charge in [-0.3, -0.25) is 9.59 Å². The van der Waals surface area contributed by atoms with E-state index in [-0.39, 0.29) is 6.42 Å². The SMILES string of the molecule is Cc1cc(C)c(C(N)=O)c(CC(C)(C)C(=O)O)c1. The van der Waals surface area contributed by atoms with Gasteiger partial charge in [-0.15, -0.1) is 0 Å². The van der Waals surface area contributed by atoms with Crippen LogP contribution >= 0.6 is 0 Å². The minimum atomic E-state index is -0.926. The second-order valence-corrected chi connectivity index (χ2v) is 5.35. The van der Waals surface area contributed by atoms with Crippen molar-refractivity contribution in [2.75, 3.05) is 0 Å². The molecule has 0 aliphatic carbocycles. The second-order valence-electron chi connectivity index (χ2n) is 5.35. The van der Waals surface area contributed by atoms with Crippen molar-refractivity contribution in [2.45, 2.75) is 34.1 Å². The number of hydrogen-bond donors (Lipinski definition) is 2. The maximum Gasteiger partial charge on any atom is 0.309 e. The van der Waals surface area contributed by atoms with Gasteiger partial charge in [0, 0.05) is 5.56 Å². The molecule has 4 heteroatoms. The van der Waals surface area contributed by atoms with Crippen LogP contribution in [0.3, 0.4) is 0 Å². The molecule has 0 fully saturated rings. The molecule has 0 spiro atoms. The van der Waals surface area contributed by atoms with Crippen molar-refractivity contribution in [3.05, 3.63) is 34.4 Å². The van der Waals surface area contributed by atoms with Crippen molar-refractivity contribution in [3.63, 3.8) is 0 Å². The topological polar surface area (TPSA) is 80.4 Å². The molecule has 1 aromatic rings. The molecule has 0 bridgehead atoms. The van der Waals surface area contributed by atoms with Gasteiger partial charge in [-0.1, -0.05) is 17.7 Å². The first-order valence-corrected chi connectivity index (χ1v) is 5.78. The number of primary amides is 1. The quantitative estimate of drug-likeness (QED) is 0.857. The smallest absolute Gasteiger partial charge is 0.309 e. The lowest BCUT2D eigenvalue weighted by molar-refractivity contribution is -0.146. The molecule has 0 aliphatic rings. The molecule has 0 aromatic heterocycles. The highest BCUT2D eigenvalue weighted by atomic mass is 16.4. The summed E-state index contributed by atoms with van der Waals surface area (Å²) in [5, 5.41) is 9.15. The first-order chi connectivity index (χ1) is 8.15. The van der Waals surface area contributed by atoms with Crippen molar-refractivity contribution >= 4 is 11.9 Å². The van der Waals surface area contributed by atoms with Crippen LogP contribution in [0, 0.1) is 19.3 Å². The third-order valence-electron chi connectivity index (χ3n) is 3.02. The molecular weight excluding hydrogens is 230 g/mol. The van der Waals surface area contributed by atoms with Gasteiger partial charge in [-0.2, -0.15) is 0 Å². The van der Waals surface area contributed by atoms with E-state index in [0.717, 1.165) is 11.1 Å². The Labute approximate surface area is 107 Å². The standard InChI is InChI=1S/C14H19NO3/c1-8-5-9(2)11(12(15)16)10(6-8)7-14(3,4)13(17)18/h5-6H,7H2,1-4H3,(H2,15,16)(H,17,18). The van der Waals surface area contributed by atoms with E-state index in [1.54, 1.807) is 13.8 Å². The van der Waals surface area contributed by atoms with Crippen molar-refractivity contribution < 1.29 is 14.7 Å². The maximum absolute atomic E-state index is 11.5. The fourth-order valence-electron chi connectivity index (χ4n) is 2.10. The fourth-order valence-corrected chi connectivity index (χ4v) is 2.10. The van der Waals surface area contributed by atoms with E-state index in [9.17, 15) is 9.59 Å². The van der Waals surface area contributed by atoms with E-state index in [4.69, 9.17) is 10.8 Å². The van der Waals surface area contributed by atoms with Crippen LogP contribution in [-0.4, -0.2) is 17.0 Å². The third-order valence-corrected chi connectivity index (χ3v) is 3.02. The van der Waals surface area contributed by atoms with Gasteiger partial charge in [0.15, 0.2) is 0 Å². The number of carboxylic acid groups (broad SMARTS) is 1. The van der Waals surface area contributed by atoms with Crippen molar-refractivity contribution in [2.24, 2.45) is 11.1 Å². The van der Waals surface area contributed by atoms with Gasteiger partial charge in [0.05, 0.1) is 5.41 Å². The van der Waals surface area contributed by atoms with E-state index in [2.05, 4.69) is 0 Å². The molecule has 0 aliphatic heterocycles. The maximum atomic E-state index is 11.5. The minimum Gasteiger partial charge on any atom is -0.481 e. The molecule has 4 nitrogen and oxygen atoms in total. The van der Waals surface area contributed by atoms with Gasteiger partial charge in [0.25, 0.3) is 0 Å². The van der Waals surface area contributed by atoms with Crippen LogP contribution in [0.4, 0.5) is 0 Å². The highest BCUT2D eigenvalue weighted by Crippen LogP contribution is 2.26. The molecule has 0 heterocycles. The zero-order chi connectivity index (χ0) is 14.1. The van der Waals surface area contributed by atoms with Crippen LogP contribution in [0.2, 0.25) is 0 Å². The Morgan fingerprint density at radius 1 is 1.28 bits per heavy atom. The average Bonchev–Trinajstić information content (AvgIpc) is 2.13. The monoisotopic (exact) mass is 249 g/mol. The summed E-state index contributed by atoms with van der Waals surface area (Å²) in [7, 11) is 0. The Morgan fingerprint density at radius 2 is 1.83 bits per heavy atom. The van der Waals surface area contributed by atoms with Gasteiger partial charge < -0.3 is 10.8 Å². The summed E-state index contributed by atoms with van der Waals surface area (Å²) < 4.78 is 0. The summed E-state index contributed by atoms with van der Waals surface area (Å²) in [4.78, 5) is 22.6. The van der Waals surface area contributed by atoms with E-state index >= 15 is 0 Å². The molecule has 0 atom stereocenters. The van der Waals surface area contributed by atoms with Crippen LogP contribution in [0.25, 0.3) is 0 Å². The van der Waals surface area contributed by atoms with Gasteiger partial charge in [-0.25, -0.2) is 0 Å². The van der Waals surface area contributed by atoms with E-state index in [1.807, 2.05) is 26.0 Å². The zero-order valence-electron chi connectivity index (χ0n) is 11.2. The number of rotatable bonds is 4. The molecule has 18 heavy (non-hydrogen) atoms. The molecule has 98 valence electrons. The lowest BCUT2D eigenvalue weighted by Gasteiger charge is -2.21. The average molecular weight is 249 g/mol. The number of nitrogens with two attached hydrogens (primary N) is 1. The van der Waals surface area contributed by atoms with Crippen LogP contribution < -0.4 is 5.73 Å².